The molecule has 1 heterocycles. The minimum absolute atomic E-state index is 0.0840. The number of rotatable bonds is 7. The van der Waals surface area contributed by atoms with Crippen molar-refractivity contribution >= 4 is 23.2 Å². The number of aliphatic imine (C=N–C) groups is 1. The lowest BCUT2D eigenvalue weighted by atomic mass is 10.1. The molecular formula is C19H27N5OS. The molecular weight excluding hydrogens is 346 g/mol. The van der Waals surface area contributed by atoms with Crippen LogP contribution in [0, 0.1) is 0 Å². The fourth-order valence-electron chi connectivity index (χ4n) is 2.25. The van der Waals surface area contributed by atoms with E-state index in [0.29, 0.717) is 24.6 Å². The van der Waals surface area contributed by atoms with Crippen molar-refractivity contribution in [1.82, 2.24) is 20.9 Å². The van der Waals surface area contributed by atoms with Crippen LogP contribution in [0.3, 0.4) is 0 Å². The first-order valence-corrected chi connectivity index (χ1v) is 9.69. The summed E-state index contributed by atoms with van der Waals surface area (Å²) in [6.07, 6.45) is 0. The summed E-state index contributed by atoms with van der Waals surface area (Å²) in [6, 6.07) is 7.47. The molecule has 26 heavy (non-hydrogen) atoms. The Morgan fingerprint density at radius 2 is 1.96 bits per heavy atom. The second-order valence-corrected chi connectivity index (χ2v) is 7.09. The van der Waals surface area contributed by atoms with Gasteiger partial charge < -0.3 is 16.0 Å². The summed E-state index contributed by atoms with van der Waals surface area (Å²) in [7, 11) is 1.63. The first-order valence-electron chi connectivity index (χ1n) is 8.81. The number of carbonyl (C=O) groups is 1. The van der Waals surface area contributed by atoms with Crippen LogP contribution in [-0.4, -0.2) is 30.4 Å². The second kappa shape index (κ2) is 9.91. The Morgan fingerprint density at radius 3 is 2.54 bits per heavy atom. The summed E-state index contributed by atoms with van der Waals surface area (Å²) in [5, 5.41) is 12.3. The quantitative estimate of drug-likeness (QED) is 0.515. The standard InChI is InChI=1S/C19H27N5OS/c1-5-21-19(23-11-17-24-16(12-26-17)13(2)3)22-10-14-6-8-15(9-7-14)18(25)20-4/h6-9,12-13H,5,10-11H2,1-4H3,(H,20,25)(H2,21,22,23). The van der Waals surface area contributed by atoms with E-state index < -0.39 is 0 Å². The molecule has 0 radical (unpaired) electrons. The van der Waals surface area contributed by atoms with Gasteiger partial charge in [-0.25, -0.2) is 9.98 Å². The molecule has 6 nitrogen and oxygen atoms in total. The number of thiazole rings is 1. The SMILES string of the molecule is CCNC(=NCc1ccc(C(=O)NC)cc1)NCc1nc(C(C)C)cs1. The number of hydrogen-bond acceptors (Lipinski definition) is 4. The van der Waals surface area contributed by atoms with Crippen molar-refractivity contribution in [3.05, 3.63) is 51.5 Å². The van der Waals surface area contributed by atoms with Crippen LogP contribution in [0.4, 0.5) is 0 Å². The summed E-state index contributed by atoms with van der Waals surface area (Å²) in [6.45, 7) is 8.31. The molecule has 0 unspecified atom stereocenters. The molecule has 0 aliphatic heterocycles. The van der Waals surface area contributed by atoms with E-state index in [1.54, 1.807) is 18.4 Å². The van der Waals surface area contributed by atoms with Gasteiger partial charge in [-0.1, -0.05) is 26.0 Å². The van der Waals surface area contributed by atoms with Gasteiger partial charge in [0, 0.05) is 24.5 Å². The molecule has 1 aromatic heterocycles. The summed E-state index contributed by atoms with van der Waals surface area (Å²) in [5.74, 6) is 1.11. The zero-order chi connectivity index (χ0) is 18.9. The number of amides is 1. The molecule has 0 aliphatic rings. The van der Waals surface area contributed by atoms with E-state index in [1.807, 2.05) is 31.2 Å². The van der Waals surface area contributed by atoms with Gasteiger partial charge in [-0.2, -0.15) is 0 Å². The lowest BCUT2D eigenvalue weighted by molar-refractivity contribution is 0.0963. The smallest absolute Gasteiger partial charge is 0.251 e. The maximum Gasteiger partial charge on any atom is 0.251 e. The third kappa shape index (κ3) is 5.84. The van der Waals surface area contributed by atoms with E-state index in [9.17, 15) is 4.79 Å². The molecule has 1 aromatic carbocycles. The summed E-state index contributed by atoms with van der Waals surface area (Å²) < 4.78 is 0. The molecule has 1 amide bonds. The van der Waals surface area contributed by atoms with E-state index in [2.05, 4.69) is 45.2 Å². The number of benzene rings is 1. The molecule has 3 N–H and O–H groups in total. The minimum Gasteiger partial charge on any atom is -0.357 e. The molecule has 0 atom stereocenters. The van der Waals surface area contributed by atoms with Crippen molar-refractivity contribution in [3.8, 4) is 0 Å². The molecule has 0 spiro atoms. The highest BCUT2D eigenvalue weighted by molar-refractivity contribution is 7.09. The van der Waals surface area contributed by atoms with Crippen LogP contribution in [0.1, 0.15) is 53.3 Å². The highest BCUT2D eigenvalue weighted by atomic mass is 32.1. The first kappa shape index (κ1) is 19.9. The zero-order valence-corrected chi connectivity index (χ0v) is 16.6. The third-order valence-electron chi connectivity index (χ3n) is 3.78. The van der Waals surface area contributed by atoms with Gasteiger partial charge >= 0.3 is 0 Å². The predicted octanol–water partition coefficient (Wildman–Crippen LogP) is 2.88. The Hall–Kier alpha value is -2.41. The second-order valence-electron chi connectivity index (χ2n) is 6.15. The third-order valence-corrected chi connectivity index (χ3v) is 4.64. The molecule has 0 bridgehead atoms. The Bertz CT molecular complexity index is 737. The maximum absolute atomic E-state index is 11.6. The summed E-state index contributed by atoms with van der Waals surface area (Å²) in [4.78, 5) is 20.8. The number of nitrogens with zero attached hydrogens (tertiary/aromatic N) is 2. The van der Waals surface area contributed by atoms with E-state index >= 15 is 0 Å². The van der Waals surface area contributed by atoms with Crippen molar-refractivity contribution < 1.29 is 4.79 Å². The largest absolute Gasteiger partial charge is 0.357 e. The van der Waals surface area contributed by atoms with Crippen LogP contribution < -0.4 is 16.0 Å². The molecule has 7 heteroatoms. The lowest BCUT2D eigenvalue weighted by Crippen LogP contribution is -2.36. The van der Waals surface area contributed by atoms with E-state index in [-0.39, 0.29) is 5.91 Å². The van der Waals surface area contributed by atoms with Crippen molar-refractivity contribution in [2.75, 3.05) is 13.6 Å². The van der Waals surface area contributed by atoms with Gasteiger partial charge in [0.05, 0.1) is 18.8 Å². The Labute approximate surface area is 159 Å². The van der Waals surface area contributed by atoms with Crippen LogP contribution in [0.5, 0.6) is 0 Å². The highest BCUT2D eigenvalue weighted by Crippen LogP contribution is 2.17. The van der Waals surface area contributed by atoms with Crippen LogP contribution >= 0.6 is 11.3 Å². The first-order chi connectivity index (χ1) is 12.5. The van der Waals surface area contributed by atoms with Gasteiger partial charge in [-0.05, 0) is 30.5 Å². The minimum atomic E-state index is -0.0840. The molecule has 140 valence electrons. The number of nitrogens with one attached hydrogen (secondary N) is 3. The zero-order valence-electron chi connectivity index (χ0n) is 15.8. The van der Waals surface area contributed by atoms with Gasteiger partial charge in [-0.15, -0.1) is 11.3 Å². The van der Waals surface area contributed by atoms with E-state index in [1.165, 1.54) is 0 Å². The average Bonchev–Trinajstić information content (AvgIpc) is 3.13. The number of hydrogen-bond donors (Lipinski definition) is 3. The molecule has 0 aliphatic carbocycles. The molecule has 0 saturated carbocycles. The summed E-state index contributed by atoms with van der Waals surface area (Å²) in [5.41, 5.74) is 2.83. The number of carbonyl (C=O) groups excluding carboxylic acids is 1. The topological polar surface area (TPSA) is 78.4 Å². The van der Waals surface area contributed by atoms with Gasteiger partial charge in [0.25, 0.3) is 5.91 Å². The number of guanidine groups is 1. The molecule has 0 fully saturated rings. The van der Waals surface area contributed by atoms with Crippen molar-refractivity contribution in [2.45, 2.75) is 39.8 Å². The van der Waals surface area contributed by atoms with Crippen LogP contribution in [-0.2, 0) is 13.1 Å². The fourth-order valence-corrected chi connectivity index (χ4v) is 3.14. The maximum atomic E-state index is 11.6. The summed E-state index contributed by atoms with van der Waals surface area (Å²) >= 11 is 1.66. The van der Waals surface area contributed by atoms with E-state index in [0.717, 1.165) is 28.8 Å². The van der Waals surface area contributed by atoms with Crippen LogP contribution in [0.15, 0.2) is 34.6 Å². The van der Waals surface area contributed by atoms with Crippen molar-refractivity contribution in [1.29, 1.82) is 0 Å². The van der Waals surface area contributed by atoms with Crippen molar-refractivity contribution in [2.24, 2.45) is 4.99 Å². The fraction of sp³-hybridized carbons (Fsp3) is 0.421. The Balaban J connectivity index is 1.95. The van der Waals surface area contributed by atoms with E-state index in [4.69, 9.17) is 0 Å². The monoisotopic (exact) mass is 373 g/mol. The molecule has 2 aromatic rings. The normalized spacial score (nSPS) is 11.5. The van der Waals surface area contributed by atoms with Gasteiger partial charge in [0.15, 0.2) is 5.96 Å². The van der Waals surface area contributed by atoms with Crippen LogP contribution in [0.25, 0.3) is 0 Å². The Morgan fingerprint density at radius 1 is 1.23 bits per heavy atom. The molecule has 2 rings (SSSR count). The molecule has 0 saturated heterocycles. The predicted molar refractivity (Wildman–Crippen MR) is 108 cm³/mol. The highest BCUT2D eigenvalue weighted by Gasteiger charge is 2.07. The van der Waals surface area contributed by atoms with Gasteiger partial charge in [0.2, 0.25) is 0 Å². The number of aromatic nitrogens is 1. The Kier molecular flexibility index (Phi) is 7.59. The van der Waals surface area contributed by atoms with Crippen LogP contribution in [0.2, 0.25) is 0 Å². The van der Waals surface area contributed by atoms with Gasteiger partial charge in [0.1, 0.15) is 5.01 Å². The van der Waals surface area contributed by atoms with Crippen molar-refractivity contribution in [3.63, 3.8) is 0 Å². The average molecular weight is 374 g/mol. The lowest BCUT2D eigenvalue weighted by Gasteiger charge is -2.10. The van der Waals surface area contributed by atoms with Gasteiger partial charge in [-0.3, -0.25) is 4.79 Å².